The molecule has 3 nitrogen and oxygen atoms in total. The van der Waals surface area contributed by atoms with Crippen molar-refractivity contribution in [1.82, 2.24) is 4.98 Å². The van der Waals surface area contributed by atoms with Crippen molar-refractivity contribution in [2.24, 2.45) is 5.16 Å². The third kappa shape index (κ3) is 4.32. The Kier molecular flexibility index (Phi) is 6.17. The first-order valence-electron chi connectivity index (χ1n) is 5.45. The summed E-state index contributed by atoms with van der Waals surface area (Å²) in [6, 6.07) is 1.77. The summed E-state index contributed by atoms with van der Waals surface area (Å²) in [6.45, 7) is 5.58. The van der Waals surface area contributed by atoms with Crippen LogP contribution in [0.25, 0.3) is 0 Å². The Morgan fingerprint density at radius 1 is 1.61 bits per heavy atom. The zero-order valence-corrected chi connectivity index (χ0v) is 12.8. The van der Waals surface area contributed by atoms with Gasteiger partial charge in [-0.25, -0.2) is 0 Å². The molecule has 0 aliphatic heterocycles. The molecule has 1 heterocycles. The monoisotopic (exact) mass is 328 g/mol. The van der Waals surface area contributed by atoms with Crippen LogP contribution in [-0.2, 0) is 4.84 Å². The molecule has 0 saturated heterocycles. The molecular formula is C13H14BrClN2O. The minimum atomic E-state index is 0.0167. The molecule has 1 rings (SSSR count). The standard InChI is InChI=1S/C13H14BrClN2O/c1-4-5-10-6-11(15)13(16-8-10)12(7-14)17-18-9(2)3/h6,8-9H,7H2,1-3H3. The highest BCUT2D eigenvalue weighted by Crippen LogP contribution is 2.17. The highest BCUT2D eigenvalue weighted by molar-refractivity contribution is 9.09. The van der Waals surface area contributed by atoms with Gasteiger partial charge in [-0.1, -0.05) is 38.6 Å². The van der Waals surface area contributed by atoms with Gasteiger partial charge in [0.05, 0.1) is 10.4 Å². The van der Waals surface area contributed by atoms with E-state index in [1.807, 2.05) is 13.8 Å². The highest BCUT2D eigenvalue weighted by atomic mass is 79.9. The number of pyridine rings is 1. The third-order valence-electron chi connectivity index (χ3n) is 1.88. The van der Waals surface area contributed by atoms with Crippen LogP contribution in [0.4, 0.5) is 0 Å². The Hall–Kier alpha value is -1.05. The first-order valence-corrected chi connectivity index (χ1v) is 6.95. The molecule has 18 heavy (non-hydrogen) atoms. The van der Waals surface area contributed by atoms with Gasteiger partial charge in [0, 0.05) is 11.8 Å². The molecule has 5 heteroatoms. The maximum absolute atomic E-state index is 6.17. The average Bonchev–Trinajstić information content (AvgIpc) is 2.32. The molecule has 96 valence electrons. The molecule has 0 radical (unpaired) electrons. The van der Waals surface area contributed by atoms with Crippen LogP contribution in [0.2, 0.25) is 5.02 Å². The SMILES string of the molecule is CC#Cc1cnc(C(CBr)=NOC(C)C)c(Cl)c1. The van der Waals surface area contributed by atoms with E-state index >= 15 is 0 Å². The van der Waals surface area contributed by atoms with Gasteiger partial charge in [-0.2, -0.15) is 0 Å². The Labute approximate surface area is 121 Å². The van der Waals surface area contributed by atoms with Gasteiger partial charge in [0.25, 0.3) is 0 Å². The van der Waals surface area contributed by atoms with Gasteiger partial charge >= 0.3 is 0 Å². The first kappa shape index (κ1) is 15.0. The van der Waals surface area contributed by atoms with Crippen LogP contribution in [0.3, 0.4) is 0 Å². The van der Waals surface area contributed by atoms with Crippen molar-refractivity contribution in [2.75, 3.05) is 5.33 Å². The lowest BCUT2D eigenvalue weighted by Crippen LogP contribution is -2.09. The summed E-state index contributed by atoms with van der Waals surface area (Å²) in [5.41, 5.74) is 2.05. The molecule has 0 aliphatic carbocycles. The summed E-state index contributed by atoms with van der Waals surface area (Å²) in [6.07, 6.45) is 1.69. The fourth-order valence-electron chi connectivity index (χ4n) is 1.16. The van der Waals surface area contributed by atoms with Crippen LogP contribution in [-0.4, -0.2) is 22.1 Å². The molecular weight excluding hydrogens is 316 g/mol. The van der Waals surface area contributed by atoms with Gasteiger partial charge in [-0.3, -0.25) is 4.98 Å². The fourth-order valence-corrected chi connectivity index (χ4v) is 1.81. The zero-order chi connectivity index (χ0) is 13.5. The van der Waals surface area contributed by atoms with Gasteiger partial charge in [0.1, 0.15) is 17.5 Å². The summed E-state index contributed by atoms with van der Waals surface area (Å²) >= 11 is 9.52. The number of hydrogen-bond donors (Lipinski definition) is 0. The quantitative estimate of drug-likeness (QED) is 0.366. The van der Waals surface area contributed by atoms with Crippen molar-refractivity contribution >= 4 is 33.2 Å². The van der Waals surface area contributed by atoms with Gasteiger partial charge in [0.2, 0.25) is 0 Å². The van der Waals surface area contributed by atoms with E-state index in [4.69, 9.17) is 16.4 Å². The van der Waals surface area contributed by atoms with Crippen LogP contribution < -0.4 is 0 Å². The average molecular weight is 330 g/mol. The van der Waals surface area contributed by atoms with Gasteiger partial charge in [-0.15, -0.1) is 5.92 Å². The maximum atomic E-state index is 6.17. The molecule has 0 aromatic carbocycles. The first-order chi connectivity index (χ1) is 8.58. The molecule has 0 saturated carbocycles. The van der Waals surface area contributed by atoms with Gasteiger partial charge in [-0.05, 0) is 26.8 Å². The van der Waals surface area contributed by atoms with E-state index in [2.05, 4.69) is 37.9 Å². The lowest BCUT2D eigenvalue weighted by Gasteiger charge is -2.07. The van der Waals surface area contributed by atoms with Crippen molar-refractivity contribution in [3.8, 4) is 11.8 Å². The molecule has 0 N–H and O–H groups in total. The van der Waals surface area contributed by atoms with Crippen molar-refractivity contribution in [3.05, 3.63) is 28.5 Å². The van der Waals surface area contributed by atoms with Gasteiger partial charge in [0.15, 0.2) is 0 Å². The van der Waals surface area contributed by atoms with Crippen LogP contribution in [0.1, 0.15) is 32.0 Å². The molecule has 0 amide bonds. The molecule has 1 aromatic heterocycles. The summed E-state index contributed by atoms with van der Waals surface area (Å²) < 4.78 is 0. The molecule has 0 aliphatic rings. The summed E-state index contributed by atoms with van der Waals surface area (Å²) in [7, 11) is 0. The van der Waals surface area contributed by atoms with E-state index in [-0.39, 0.29) is 6.10 Å². The Morgan fingerprint density at radius 2 is 2.33 bits per heavy atom. The van der Waals surface area contributed by atoms with Crippen LogP contribution in [0, 0.1) is 11.8 Å². The maximum Gasteiger partial charge on any atom is 0.122 e. The third-order valence-corrected chi connectivity index (χ3v) is 2.70. The van der Waals surface area contributed by atoms with Gasteiger partial charge < -0.3 is 4.84 Å². The smallest absolute Gasteiger partial charge is 0.122 e. The zero-order valence-electron chi connectivity index (χ0n) is 10.5. The van der Waals surface area contributed by atoms with E-state index in [1.165, 1.54) is 0 Å². The largest absolute Gasteiger partial charge is 0.393 e. The number of nitrogens with zero attached hydrogens (tertiary/aromatic N) is 2. The Bertz CT molecular complexity index is 503. The number of rotatable bonds is 4. The summed E-state index contributed by atoms with van der Waals surface area (Å²) in [5, 5.41) is 5.07. The van der Waals surface area contributed by atoms with Crippen LogP contribution in [0.15, 0.2) is 17.4 Å². The van der Waals surface area contributed by atoms with Crippen molar-refractivity contribution < 1.29 is 4.84 Å². The number of aromatic nitrogens is 1. The molecule has 0 bridgehead atoms. The molecule has 0 fully saturated rings. The van der Waals surface area contributed by atoms with Crippen molar-refractivity contribution in [2.45, 2.75) is 26.9 Å². The minimum Gasteiger partial charge on any atom is -0.393 e. The van der Waals surface area contributed by atoms with Crippen molar-refractivity contribution in [3.63, 3.8) is 0 Å². The topological polar surface area (TPSA) is 34.5 Å². The second-order valence-corrected chi connectivity index (χ2v) is 4.72. The number of alkyl halides is 1. The van der Waals surface area contributed by atoms with Crippen LogP contribution in [0.5, 0.6) is 0 Å². The van der Waals surface area contributed by atoms with E-state index in [1.54, 1.807) is 19.2 Å². The van der Waals surface area contributed by atoms with E-state index in [9.17, 15) is 0 Å². The van der Waals surface area contributed by atoms with Crippen molar-refractivity contribution in [1.29, 1.82) is 0 Å². The summed E-state index contributed by atoms with van der Waals surface area (Å²) in [4.78, 5) is 9.48. The number of halogens is 2. The summed E-state index contributed by atoms with van der Waals surface area (Å²) in [5.74, 6) is 5.70. The molecule has 0 spiro atoms. The second-order valence-electron chi connectivity index (χ2n) is 3.76. The Balaban J connectivity index is 3.06. The molecule has 0 unspecified atom stereocenters. The highest BCUT2D eigenvalue weighted by Gasteiger charge is 2.11. The number of oxime groups is 1. The van der Waals surface area contributed by atoms with Crippen LogP contribution >= 0.6 is 27.5 Å². The Morgan fingerprint density at radius 3 is 2.83 bits per heavy atom. The predicted molar refractivity (Wildman–Crippen MR) is 78.4 cm³/mol. The lowest BCUT2D eigenvalue weighted by molar-refractivity contribution is 0.0860. The molecule has 1 aromatic rings. The second kappa shape index (κ2) is 7.40. The minimum absolute atomic E-state index is 0.0167. The molecule has 0 atom stereocenters. The van der Waals surface area contributed by atoms with E-state index in [0.29, 0.717) is 21.8 Å². The predicted octanol–water partition coefficient (Wildman–Crippen LogP) is 3.63. The normalized spacial score (nSPS) is 11.1. The fraction of sp³-hybridized carbons (Fsp3) is 0.385. The van der Waals surface area contributed by atoms with E-state index in [0.717, 1.165) is 5.56 Å². The van der Waals surface area contributed by atoms with E-state index < -0.39 is 0 Å². The lowest BCUT2D eigenvalue weighted by atomic mass is 10.2. The number of hydrogen-bond acceptors (Lipinski definition) is 3.